The maximum Gasteiger partial charge on any atom is 0.416 e. The first kappa shape index (κ1) is 8.60. The van der Waals surface area contributed by atoms with Gasteiger partial charge >= 0.3 is 5.76 Å². The fraction of sp³-hybridized carbons (Fsp3) is 0.700. The third-order valence-corrected chi connectivity index (χ3v) is 2.84. The maximum atomic E-state index is 11.0. The summed E-state index contributed by atoms with van der Waals surface area (Å²) in [4.78, 5) is 13.8. The summed E-state index contributed by atoms with van der Waals surface area (Å²) in [5.74, 6) is 1.11. The molecule has 72 valence electrons. The van der Waals surface area contributed by atoms with E-state index in [9.17, 15) is 4.79 Å². The van der Waals surface area contributed by atoms with Crippen LogP contribution in [-0.2, 0) is 6.42 Å². The Morgan fingerprint density at radius 2 is 2.15 bits per heavy atom. The molecule has 1 aromatic rings. The third-order valence-electron chi connectivity index (χ3n) is 2.84. The molecule has 3 heteroatoms. The van der Waals surface area contributed by atoms with Crippen molar-refractivity contribution in [3.63, 3.8) is 0 Å². The number of H-pyrrole nitrogens is 1. The Morgan fingerprint density at radius 1 is 1.46 bits per heavy atom. The van der Waals surface area contributed by atoms with Crippen LogP contribution in [0, 0.1) is 0 Å². The molecule has 0 aliphatic heterocycles. The number of hydrogen-bond acceptors (Lipinski definition) is 2. The number of nitrogens with one attached hydrogen (secondary N) is 1. The van der Waals surface area contributed by atoms with Crippen molar-refractivity contribution < 1.29 is 4.42 Å². The van der Waals surface area contributed by atoms with Gasteiger partial charge in [0.2, 0.25) is 0 Å². The van der Waals surface area contributed by atoms with Crippen molar-refractivity contribution in [1.29, 1.82) is 0 Å². The van der Waals surface area contributed by atoms with Crippen molar-refractivity contribution in [3.8, 4) is 0 Å². The zero-order chi connectivity index (χ0) is 9.26. The van der Waals surface area contributed by atoms with Crippen molar-refractivity contribution >= 4 is 0 Å². The second kappa shape index (κ2) is 3.40. The van der Waals surface area contributed by atoms with Gasteiger partial charge in [-0.3, -0.25) is 4.98 Å². The van der Waals surface area contributed by atoms with Crippen LogP contribution in [0.15, 0.2) is 9.21 Å². The van der Waals surface area contributed by atoms with Crippen LogP contribution in [0.5, 0.6) is 0 Å². The van der Waals surface area contributed by atoms with Crippen LogP contribution >= 0.6 is 0 Å². The van der Waals surface area contributed by atoms with Gasteiger partial charge in [0.1, 0.15) is 5.76 Å². The van der Waals surface area contributed by atoms with E-state index in [1.54, 1.807) is 0 Å². The number of oxazole rings is 1. The summed E-state index contributed by atoms with van der Waals surface area (Å²) in [5, 5.41) is 0. The quantitative estimate of drug-likeness (QED) is 0.760. The van der Waals surface area contributed by atoms with E-state index in [0.717, 1.165) is 17.9 Å². The van der Waals surface area contributed by atoms with Gasteiger partial charge in [-0.2, -0.15) is 0 Å². The lowest BCUT2D eigenvalue weighted by Gasteiger charge is -2.06. The van der Waals surface area contributed by atoms with Gasteiger partial charge in [-0.1, -0.05) is 19.8 Å². The molecule has 0 atom stereocenters. The summed E-state index contributed by atoms with van der Waals surface area (Å²) < 4.78 is 5.07. The average Bonchev–Trinajstić information content (AvgIpc) is 2.71. The first-order valence-corrected chi connectivity index (χ1v) is 5.03. The van der Waals surface area contributed by atoms with E-state index in [-0.39, 0.29) is 5.76 Å². The minimum absolute atomic E-state index is 0.293. The Balaban J connectivity index is 2.31. The molecule has 1 aliphatic rings. The largest absolute Gasteiger partial charge is 0.416 e. The molecule has 0 amide bonds. The van der Waals surface area contributed by atoms with E-state index < -0.39 is 0 Å². The van der Waals surface area contributed by atoms with Gasteiger partial charge in [0.05, 0.1) is 5.69 Å². The van der Waals surface area contributed by atoms with Crippen molar-refractivity contribution in [3.05, 3.63) is 22.0 Å². The van der Waals surface area contributed by atoms with E-state index >= 15 is 0 Å². The SMILES string of the molecule is CCc1oc(=O)[nH]c1C1CCCC1. The second-order valence-corrected chi connectivity index (χ2v) is 3.69. The van der Waals surface area contributed by atoms with Crippen LogP contribution in [0.4, 0.5) is 0 Å². The van der Waals surface area contributed by atoms with Crippen molar-refractivity contribution in [2.24, 2.45) is 0 Å². The molecule has 1 aromatic heterocycles. The Bertz CT molecular complexity index is 331. The predicted octanol–water partition coefficient (Wildman–Crippen LogP) is 2.19. The summed E-state index contributed by atoms with van der Waals surface area (Å²) in [6, 6.07) is 0. The van der Waals surface area contributed by atoms with Gasteiger partial charge in [0.15, 0.2) is 0 Å². The molecule has 3 nitrogen and oxygen atoms in total. The van der Waals surface area contributed by atoms with Gasteiger partial charge in [-0.25, -0.2) is 4.79 Å². The first-order valence-electron chi connectivity index (χ1n) is 5.03. The minimum atomic E-state index is -0.293. The summed E-state index contributed by atoms with van der Waals surface area (Å²) >= 11 is 0. The Morgan fingerprint density at radius 3 is 2.77 bits per heavy atom. The second-order valence-electron chi connectivity index (χ2n) is 3.69. The van der Waals surface area contributed by atoms with Crippen LogP contribution in [0.3, 0.4) is 0 Å². The van der Waals surface area contributed by atoms with Crippen molar-refractivity contribution in [2.75, 3.05) is 0 Å². The molecule has 1 saturated carbocycles. The molecule has 1 heterocycles. The van der Waals surface area contributed by atoms with E-state index in [4.69, 9.17) is 4.42 Å². The molecule has 0 aromatic carbocycles. The fourth-order valence-electron chi connectivity index (χ4n) is 2.18. The molecule has 1 aliphatic carbocycles. The molecule has 0 saturated heterocycles. The molecular weight excluding hydrogens is 166 g/mol. The lowest BCUT2D eigenvalue weighted by molar-refractivity contribution is 0.469. The summed E-state index contributed by atoms with van der Waals surface area (Å²) in [7, 11) is 0. The molecule has 1 N–H and O–H groups in total. The first-order chi connectivity index (χ1) is 6.31. The number of aromatic amines is 1. The number of rotatable bonds is 2. The highest BCUT2D eigenvalue weighted by atomic mass is 16.4. The Kier molecular flexibility index (Phi) is 2.25. The lowest BCUT2D eigenvalue weighted by Crippen LogP contribution is -2.00. The van der Waals surface area contributed by atoms with Gasteiger partial charge in [0.25, 0.3) is 0 Å². The zero-order valence-electron chi connectivity index (χ0n) is 7.93. The van der Waals surface area contributed by atoms with E-state index in [2.05, 4.69) is 4.98 Å². The van der Waals surface area contributed by atoms with Gasteiger partial charge in [-0.05, 0) is 12.8 Å². The van der Waals surface area contributed by atoms with Crippen LogP contribution in [0.2, 0.25) is 0 Å². The minimum Gasteiger partial charge on any atom is -0.413 e. The molecule has 1 fully saturated rings. The highest BCUT2D eigenvalue weighted by Gasteiger charge is 2.22. The summed E-state index contributed by atoms with van der Waals surface area (Å²) in [5.41, 5.74) is 1.06. The normalized spacial score (nSPS) is 18.2. The lowest BCUT2D eigenvalue weighted by atomic mass is 10.0. The monoisotopic (exact) mass is 181 g/mol. The fourth-order valence-corrected chi connectivity index (χ4v) is 2.18. The highest BCUT2D eigenvalue weighted by molar-refractivity contribution is 5.14. The van der Waals surface area contributed by atoms with Crippen LogP contribution < -0.4 is 5.76 Å². The molecule has 0 bridgehead atoms. The maximum absolute atomic E-state index is 11.0. The summed E-state index contributed by atoms with van der Waals surface area (Å²) in [6.07, 6.45) is 5.76. The number of aromatic nitrogens is 1. The molecule has 0 radical (unpaired) electrons. The molecule has 2 rings (SSSR count). The van der Waals surface area contributed by atoms with Crippen LogP contribution in [-0.4, -0.2) is 4.98 Å². The van der Waals surface area contributed by atoms with Gasteiger partial charge in [-0.15, -0.1) is 0 Å². The van der Waals surface area contributed by atoms with Gasteiger partial charge in [0, 0.05) is 12.3 Å². The smallest absolute Gasteiger partial charge is 0.413 e. The molecule has 0 unspecified atom stereocenters. The van der Waals surface area contributed by atoms with E-state index in [1.165, 1.54) is 25.7 Å². The van der Waals surface area contributed by atoms with Gasteiger partial charge < -0.3 is 4.42 Å². The molecule has 13 heavy (non-hydrogen) atoms. The predicted molar refractivity (Wildman–Crippen MR) is 49.9 cm³/mol. The number of aryl methyl sites for hydroxylation is 1. The van der Waals surface area contributed by atoms with E-state index in [0.29, 0.717) is 5.92 Å². The van der Waals surface area contributed by atoms with Crippen molar-refractivity contribution in [2.45, 2.75) is 44.9 Å². The molecule has 0 spiro atoms. The van der Waals surface area contributed by atoms with Crippen LogP contribution in [0.25, 0.3) is 0 Å². The average molecular weight is 181 g/mol. The molecular formula is C10H15NO2. The summed E-state index contributed by atoms with van der Waals surface area (Å²) in [6.45, 7) is 2.02. The standard InChI is InChI=1S/C10H15NO2/c1-2-8-9(11-10(12)13-8)7-5-3-4-6-7/h7H,2-6H2,1H3,(H,11,12). The Labute approximate surface area is 77.2 Å². The zero-order valence-corrected chi connectivity index (χ0v) is 7.93. The highest BCUT2D eigenvalue weighted by Crippen LogP contribution is 2.34. The third kappa shape index (κ3) is 1.55. The van der Waals surface area contributed by atoms with E-state index in [1.807, 2.05) is 6.92 Å². The topological polar surface area (TPSA) is 46.0 Å². The van der Waals surface area contributed by atoms with Crippen LogP contribution in [0.1, 0.15) is 50.0 Å². The number of hydrogen-bond donors (Lipinski definition) is 1. The van der Waals surface area contributed by atoms with Crippen molar-refractivity contribution in [1.82, 2.24) is 4.98 Å². The Hall–Kier alpha value is -0.990.